The van der Waals surface area contributed by atoms with E-state index in [1.54, 1.807) is 0 Å². The minimum atomic E-state index is 0.457. The fraction of sp³-hybridized carbons (Fsp3) is 1.00. The van der Waals surface area contributed by atoms with E-state index in [0.29, 0.717) is 4.32 Å². The second kappa shape index (κ2) is 3.47. The molecule has 0 spiro atoms. The topological polar surface area (TPSA) is 0 Å². The Morgan fingerprint density at radius 2 is 1.73 bits per heavy atom. The molecule has 0 bridgehead atoms. The van der Waals surface area contributed by atoms with Crippen LogP contribution in [0.5, 0.6) is 0 Å². The van der Waals surface area contributed by atoms with E-state index >= 15 is 0 Å². The number of rotatable bonds is 1. The number of hydrogen-bond acceptors (Lipinski definition) is 0. The van der Waals surface area contributed by atoms with Crippen molar-refractivity contribution in [2.24, 2.45) is 11.8 Å². The SMILES string of the molecule is CC(C)C1CCC(C)(Br)CC1. The highest BCUT2D eigenvalue weighted by atomic mass is 79.9. The summed E-state index contributed by atoms with van der Waals surface area (Å²) in [5, 5.41) is 0. The molecular formula is C10H19Br. The maximum atomic E-state index is 3.77. The molecule has 0 saturated heterocycles. The lowest BCUT2D eigenvalue weighted by molar-refractivity contribution is 0.254. The molecule has 0 atom stereocenters. The summed E-state index contributed by atoms with van der Waals surface area (Å²) in [6.45, 7) is 7.02. The maximum absolute atomic E-state index is 3.77. The van der Waals surface area contributed by atoms with Gasteiger partial charge in [-0.05, 0) is 44.4 Å². The first-order valence-electron chi connectivity index (χ1n) is 4.70. The van der Waals surface area contributed by atoms with Crippen LogP contribution in [0.3, 0.4) is 0 Å². The lowest BCUT2D eigenvalue weighted by atomic mass is 9.77. The van der Waals surface area contributed by atoms with Crippen molar-refractivity contribution in [3.8, 4) is 0 Å². The zero-order valence-electron chi connectivity index (χ0n) is 7.86. The number of halogens is 1. The van der Waals surface area contributed by atoms with Gasteiger partial charge < -0.3 is 0 Å². The van der Waals surface area contributed by atoms with Gasteiger partial charge in [-0.25, -0.2) is 0 Å². The van der Waals surface area contributed by atoms with Gasteiger partial charge in [0.2, 0.25) is 0 Å². The molecule has 0 aliphatic heterocycles. The summed E-state index contributed by atoms with van der Waals surface area (Å²) in [7, 11) is 0. The van der Waals surface area contributed by atoms with Crippen molar-refractivity contribution in [2.75, 3.05) is 0 Å². The third-order valence-electron chi connectivity index (χ3n) is 3.02. The Kier molecular flexibility index (Phi) is 3.02. The predicted molar refractivity (Wildman–Crippen MR) is 54.1 cm³/mol. The van der Waals surface area contributed by atoms with Gasteiger partial charge in [-0.3, -0.25) is 0 Å². The van der Waals surface area contributed by atoms with E-state index in [9.17, 15) is 0 Å². The molecule has 1 heteroatoms. The van der Waals surface area contributed by atoms with Crippen LogP contribution in [0.2, 0.25) is 0 Å². The van der Waals surface area contributed by atoms with Gasteiger partial charge in [0.05, 0.1) is 0 Å². The van der Waals surface area contributed by atoms with Gasteiger partial charge in [-0.15, -0.1) is 0 Å². The first-order valence-corrected chi connectivity index (χ1v) is 5.49. The largest absolute Gasteiger partial charge is 0.0856 e. The van der Waals surface area contributed by atoms with E-state index in [4.69, 9.17) is 0 Å². The van der Waals surface area contributed by atoms with Crippen LogP contribution in [0.4, 0.5) is 0 Å². The van der Waals surface area contributed by atoms with E-state index in [0.717, 1.165) is 11.8 Å². The summed E-state index contributed by atoms with van der Waals surface area (Å²) in [5.41, 5.74) is 0. The zero-order valence-corrected chi connectivity index (χ0v) is 9.45. The molecule has 66 valence electrons. The standard InChI is InChI=1S/C10H19Br/c1-8(2)9-4-6-10(3,11)7-5-9/h8-9H,4-7H2,1-3H3. The van der Waals surface area contributed by atoms with Crippen molar-refractivity contribution in [1.29, 1.82) is 0 Å². The van der Waals surface area contributed by atoms with Crippen molar-refractivity contribution in [3.05, 3.63) is 0 Å². The van der Waals surface area contributed by atoms with Crippen molar-refractivity contribution < 1.29 is 0 Å². The van der Waals surface area contributed by atoms with Crippen LogP contribution < -0.4 is 0 Å². The molecule has 0 unspecified atom stereocenters. The first-order chi connectivity index (χ1) is 5.01. The smallest absolute Gasteiger partial charge is 0.0230 e. The Hall–Kier alpha value is 0.480. The summed E-state index contributed by atoms with van der Waals surface area (Å²) >= 11 is 3.77. The average Bonchev–Trinajstić information content (AvgIpc) is 1.86. The Morgan fingerprint density at radius 3 is 2.09 bits per heavy atom. The highest BCUT2D eigenvalue weighted by Gasteiger charge is 2.29. The van der Waals surface area contributed by atoms with Gasteiger partial charge >= 0.3 is 0 Å². The van der Waals surface area contributed by atoms with Crippen LogP contribution in [-0.2, 0) is 0 Å². The van der Waals surface area contributed by atoms with Crippen LogP contribution in [0, 0.1) is 11.8 Å². The molecule has 1 rings (SSSR count). The summed E-state index contributed by atoms with van der Waals surface area (Å²) in [5.74, 6) is 1.87. The van der Waals surface area contributed by atoms with Crippen molar-refractivity contribution in [1.82, 2.24) is 0 Å². The number of alkyl halides is 1. The quantitative estimate of drug-likeness (QED) is 0.585. The summed E-state index contributed by atoms with van der Waals surface area (Å²) in [4.78, 5) is 0. The molecular weight excluding hydrogens is 200 g/mol. The molecule has 11 heavy (non-hydrogen) atoms. The summed E-state index contributed by atoms with van der Waals surface area (Å²) in [6.07, 6.45) is 5.55. The predicted octanol–water partition coefficient (Wildman–Crippen LogP) is 3.99. The highest BCUT2D eigenvalue weighted by molar-refractivity contribution is 9.10. The van der Waals surface area contributed by atoms with E-state index in [-0.39, 0.29) is 0 Å². The van der Waals surface area contributed by atoms with Crippen LogP contribution in [-0.4, -0.2) is 4.32 Å². The molecule has 1 saturated carbocycles. The van der Waals surface area contributed by atoms with Crippen LogP contribution in [0.25, 0.3) is 0 Å². The molecule has 1 fully saturated rings. The molecule has 1 aliphatic rings. The second-order valence-corrected chi connectivity index (χ2v) is 6.41. The average molecular weight is 219 g/mol. The van der Waals surface area contributed by atoms with Crippen molar-refractivity contribution in [3.63, 3.8) is 0 Å². The van der Waals surface area contributed by atoms with Gasteiger partial charge in [-0.2, -0.15) is 0 Å². The van der Waals surface area contributed by atoms with Gasteiger partial charge in [0.15, 0.2) is 0 Å². The minimum absolute atomic E-state index is 0.457. The van der Waals surface area contributed by atoms with Gasteiger partial charge in [0.25, 0.3) is 0 Å². The van der Waals surface area contributed by atoms with Gasteiger partial charge in [0, 0.05) is 4.32 Å². The molecule has 0 aromatic heterocycles. The highest BCUT2D eigenvalue weighted by Crippen LogP contribution is 2.40. The van der Waals surface area contributed by atoms with E-state index in [2.05, 4.69) is 36.7 Å². The van der Waals surface area contributed by atoms with Crippen molar-refractivity contribution >= 4 is 15.9 Å². The molecule has 1 aliphatic carbocycles. The molecule has 0 amide bonds. The molecule has 0 nitrogen and oxygen atoms in total. The second-order valence-electron chi connectivity index (χ2n) is 4.49. The van der Waals surface area contributed by atoms with Crippen LogP contribution in [0.1, 0.15) is 46.5 Å². The summed E-state index contributed by atoms with van der Waals surface area (Å²) < 4.78 is 0.457. The van der Waals surface area contributed by atoms with Crippen LogP contribution >= 0.6 is 15.9 Å². The van der Waals surface area contributed by atoms with Crippen LogP contribution in [0.15, 0.2) is 0 Å². The molecule has 0 N–H and O–H groups in total. The normalized spacial score (nSPS) is 39.5. The molecule has 0 aromatic rings. The first kappa shape index (κ1) is 9.57. The Morgan fingerprint density at radius 1 is 1.27 bits per heavy atom. The molecule has 0 heterocycles. The fourth-order valence-electron chi connectivity index (χ4n) is 1.91. The van der Waals surface area contributed by atoms with Gasteiger partial charge in [-0.1, -0.05) is 29.8 Å². The molecule has 0 aromatic carbocycles. The van der Waals surface area contributed by atoms with E-state index in [1.807, 2.05) is 0 Å². The Bertz CT molecular complexity index is 117. The monoisotopic (exact) mass is 218 g/mol. The lowest BCUT2D eigenvalue weighted by Gasteiger charge is -2.34. The Balaban J connectivity index is 2.36. The minimum Gasteiger partial charge on any atom is -0.0856 e. The zero-order chi connectivity index (χ0) is 8.48. The Labute approximate surface area is 78.9 Å². The van der Waals surface area contributed by atoms with Gasteiger partial charge in [0.1, 0.15) is 0 Å². The van der Waals surface area contributed by atoms with E-state index < -0.39 is 0 Å². The summed E-state index contributed by atoms with van der Waals surface area (Å²) in [6, 6.07) is 0. The fourth-order valence-corrected chi connectivity index (χ4v) is 2.37. The maximum Gasteiger partial charge on any atom is 0.0230 e. The van der Waals surface area contributed by atoms with Crippen molar-refractivity contribution in [2.45, 2.75) is 50.8 Å². The molecule has 0 radical (unpaired) electrons. The lowest BCUT2D eigenvalue weighted by Crippen LogP contribution is -2.26. The number of hydrogen-bond donors (Lipinski definition) is 0. The third-order valence-corrected chi connectivity index (χ3v) is 3.81. The van der Waals surface area contributed by atoms with E-state index in [1.165, 1.54) is 25.7 Å². The third kappa shape index (κ3) is 2.77.